The number of aryl methyl sites for hydroxylation is 2. The SMILES string of the molecule is Cc1ccc(C)c(COc2cc(O)cc(C(C)(C)C)c2)c1. The molecule has 1 N–H and O–H groups in total. The molecule has 0 heterocycles. The molecule has 0 spiro atoms. The summed E-state index contributed by atoms with van der Waals surface area (Å²) in [6, 6.07) is 11.8. The zero-order valence-electron chi connectivity index (χ0n) is 13.5. The molecule has 21 heavy (non-hydrogen) atoms. The number of phenols is 1. The van der Waals surface area contributed by atoms with Gasteiger partial charge in [-0.15, -0.1) is 0 Å². The van der Waals surface area contributed by atoms with Crippen LogP contribution in [0.5, 0.6) is 11.5 Å². The van der Waals surface area contributed by atoms with Gasteiger partial charge in [-0.1, -0.05) is 44.5 Å². The molecule has 0 atom stereocenters. The lowest BCUT2D eigenvalue weighted by molar-refractivity contribution is 0.302. The maximum atomic E-state index is 9.87. The van der Waals surface area contributed by atoms with Gasteiger partial charge in [0.25, 0.3) is 0 Å². The molecule has 2 aromatic carbocycles. The van der Waals surface area contributed by atoms with Crippen LogP contribution in [0.4, 0.5) is 0 Å². The Kier molecular flexibility index (Phi) is 4.26. The molecule has 2 heteroatoms. The summed E-state index contributed by atoms with van der Waals surface area (Å²) in [6.45, 7) is 11.0. The predicted octanol–water partition coefficient (Wildman–Crippen LogP) is 4.89. The fraction of sp³-hybridized carbons (Fsp3) is 0.368. The van der Waals surface area contributed by atoms with Crippen LogP contribution in [0.1, 0.15) is 43.0 Å². The summed E-state index contributed by atoms with van der Waals surface area (Å²) < 4.78 is 5.88. The van der Waals surface area contributed by atoms with Gasteiger partial charge in [0, 0.05) is 6.07 Å². The summed E-state index contributed by atoms with van der Waals surface area (Å²) >= 11 is 0. The lowest BCUT2D eigenvalue weighted by Gasteiger charge is -2.20. The minimum atomic E-state index is -0.0178. The second-order valence-corrected chi connectivity index (χ2v) is 6.68. The molecule has 0 aliphatic heterocycles. The van der Waals surface area contributed by atoms with Gasteiger partial charge in [-0.3, -0.25) is 0 Å². The van der Waals surface area contributed by atoms with Crippen molar-refractivity contribution in [3.63, 3.8) is 0 Å². The first-order chi connectivity index (χ1) is 9.75. The molecule has 0 radical (unpaired) electrons. The number of aromatic hydroxyl groups is 1. The third-order valence-corrected chi connectivity index (χ3v) is 3.66. The molecule has 0 amide bonds. The van der Waals surface area contributed by atoms with Gasteiger partial charge in [0.15, 0.2) is 0 Å². The van der Waals surface area contributed by atoms with Crippen LogP contribution in [0.2, 0.25) is 0 Å². The maximum Gasteiger partial charge on any atom is 0.123 e. The molecule has 0 aliphatic carbocycles. The number of ether oxygens (including phenoxy) is 1. The Labute approximate surface area is 127 Å². The van der Waals surface area contributed by atoms with Crippen molar-refractivity contribution in [2.24, 2.45) is 0 Å². The maximum absolute atomic E-state index is 9.87. The van der Waals surface area contributed by atoms with Crippen molar-refractivity contribution in [1.29, 1.82) is 0 Å². The van der Waals surface area contributed by atoms with E-state index >= 15 is 0 Å². The Bertz CT molecular complexity index is 636. The molecule has 0 bridgehead atoms. The van der Waals surface area contributed by atoms with E-state index in [9.17, 15) is 5.11 Å². The summed E-state index contributed by atoms with van der Waals surface area (Å²) in [5.41, 5.74) is 4.67. The van der Waals surface area contributed by atoms with E-state index in [1.54, 1.807) is 12.1 Å². The van der Waals surface area contributed by atoms with E-state index in [1.807, 2.05) is 6.07 Å². The third-order valence-electron chi connectivity index (χ3n) is 3.66. The zero-order chi connectivity index (χ0) is 15.6. The Balaban J connectivity index is 2.20. The normalized spacial score (nSPS) is 11.5. The highest BCUT2D eigenvalue weighted by Gasteiger charge is 2.15. The first kappa shape index (κ1) is 15.4. The lowest BCUT2D eigenvalue weighted by atomic mass is 9.87. The minimum Gasteiger partial charge on any atom is -0.508 e. The Hall–Kier alpha value is -1.96. The van der Waals surface area contributed by atoms with E-state index in [0.29, 0.717) is 12.4 Å². The molecule has 0 aromatic heterocycles. The van der Waals surface area contributed by atoms with Crippen molar-refractivity contribution in [3.05, 3.63) is 58.7 Å². The zero-order valence-corrected chi connectivity index (χ0v) is 13.5. The van der Waals surface area contributed by atoms with Gasteiger partial charge in [0.05, 0.1) is 0 Å². The van der Waals surface area contributed by atoms with Crippen molar-refractivity contribution in [2.75, 3.05) is 0 Å². The third kappa shape index (κ3) is 4.01. The molecule has 2 aromatic rings. The average Bonchev–Trinajstić information content (AvgIpc) is 2.38. The second kappa shape index (κ2) is 5.80. The first-order valence-electron chi connectivity index (χ1n) is 7.29. The van der Waals surface area contributed by atoms with Crippen molar-refractivity contribution in [1.82, 2.24) is 0 Å². The number of benzene rings is 2. The number of hydrogen-bond acceptors (Lipinski definition) is 2. The Morgan fingerprint density at radius 1 is 1.00 bits per heavy atom. The van der Waals surface area contributed by atoms with E-state index in [1.165, 1.54) is 16.7 Å². The van der Waals surface area contributed by atoms with Crippen LogP contribution in [0.25, 0.3) is 0 Å². The van der Waals surface area contributed by atoms with Crippen molar-refractivity contribution >= 4 is 0 Å². The van der Waals surface area contributed by atoms with E-state index < -0.39 is 0 Å². The van der Waals surface area contributed by atoms with Gasteiger partial charge < -0.3 is 9.84 Å². The van der Waals surface area contributed by atoms with Crippen molar-refractivity contribution < 1.29 is 9.84 Å². The largest absolute Gasteiger partial charge is 0.508 e. The molecule has 0 aliphatic rings. The van der Waals surface area contributed by atoms with Crippen molar-refractivity contribution in [3.8, 4) is 11.5 Å². The Morgan fingerprint density at radius 2 is 1.71 bits per heavy atom. The number of rotatable bonds is 3. The van der Waals surface area contributed by atoms with Gasteiger partial charge >= 0.3 is 0 Å². The summed E-state index contributed by atoms with van der Waals surface area (Å²) in [4.78, 5) is 0. The quantitative estimate of drug-likeness (QED) is 0.870. The molecule has 0 fully saturated rings. The van der Waals surface area contributed by atoms with Gasteiger partial charge in [-0.2, -0.15) is 0 Å². The monoisotopic (exact) mass is 284 g/mol. The summed E-state index contributed by atoms with van der Waals surface area (Å²) in [5, 5.41) is 9.87. The second-order valence-electron chi connectivity index (χ2n) is 6.68. The highest BCUT2D eigenvalue weighted by Crippen LogP contribution is 2.30. The average molecular weight is 284 g/mol. The van der Waals surface area contributed by atoms with Gasteiger partial charge in [0.1, 0.15) is 18.1 Å². The first-order valence-corrected chi connectivity index (χ1v) is 7.29. The molecule has 112 valence electrons. The smallest absolute Gasteiger partial charge is 0.123 e. The Morgan fingerprint density at radius 3 is 2.38 bits per heavy atom. The van der Waals surface area contributed by atoms with Crippen LogP contribution in [0.3, 0.4) is 0 Å². The van der Waals surface area contributed by atoms with Gasteiger partial charge in [0.2, 0.25) is 0 Å². The van der Waals surface area contributed by atoms with Crippen molar-refractivity contribution in [2.45, 2.75) is 46.6 Å². The van der Waals surface area contributed by atoms with Crippen LogP contribution in [0, 0.1) is 13.8 Å². The predicted molar refractivity (Wildman–Crippen MR) is 87.1 cm³/mol. The van der Waals surface area contributed by atoms with E-state index in [4.69, 9.17) is 4.74 Å². The van der Waals surface area contributed by atoms with Crippen LogP contribution >= 0.6 is 0 Å². The molecule has 0 saturated carbocycles. The molecule has 0 saturated heterocycles. The minimum absolute atomic E-state index is 0.0178. The number of phenolic OH excluding ortho intramolecular Hbond substituents is 1. The van der Waals surface area contributed by atoms with Crippen LogP contribution < -0.4 is 4.74 Å². The van der Waals surface area contributed by atoms with E-state index in [-0.39, 0.29) is 11.2 Å². The number of hydrogen-bond donors (Lipinski definition) is 1. The molecular weight excluding hydrogens is 260 g/mol. The topological polar surface area (TPSA) is 29.5 Å². The van der Waals surface area contributed by atoms with E-state index in [2.05, 4.69) is 52.8 Å². The lowest BCUT2D eigenvalue weighted by Crippen LogP contribution is -2.11. The van der Waals surface area contributed by atoms with Gasteiger partial charge in [-0.25, -0.2) is 0 Å². The molecule has 2 nitrogen and oxygen atoms in total. The highest BCUT2D eigenvalue weighted by atomic mass is 16.5. The van der Waals surface area contributed by atoms with Crippen LogP contribution in [0.15, 0.2) is 36.4 Å². The standard InChI is InChI=1S/C19H24O2/c1-13-6-7-14(2)15(8-13)12-21-18-10-16(19(3,4)5)9-17(20)11-18/h6-11,20H,12H2,1-5H3. The fourth-order valence-corrected chi connectivity index (χ4v) is 2.22. The summed E-state index contributed by atoms with van der Waals surface area (Å²) in [7, 11) is 0. The molecule has 2 rings (SSSR count). The summed E-state index contributed by atoms with van der Waals surface area (Å²) in [5.74, 6) is 0.958. The highest BCUT2D eigenvalue weighted by molar-refractivity contribution is 5.41. The molecule has 0 unspecified atom stereocenters. The fourth-order valence-electron chi connectivity index (χ4n) is 2.22. The summed E-state index contributed by atoms with van der Waals surface area (Å²) in [6.07, 6.45) is 0. The van der Waals surface area contributed by atoms with Gasteiger partial charge in [-0.05, 0) is 48.1 Å². The van der Waals surface area contributed by atoms with E-state index in [0.717, 1.165) is 5.56 Å². The van der Waals surface area contributed by atoms with Crippen LogP contribution in [-0.2, 0) is 12.0 Å². The van der Waals surface area contributed by atoms with Crippen LogP contribution in [-0.4, -0.2) is 5.11 Å². The molecular formula is C19H24O2.